The zero-order valence-corrected chi connectivity index (χ0v) is 30.1. The molecule has 0 aliphatic carbocycles. The molecule has 0 aliphatic heterocycles. The van der Waals surface area contributed by atoms with Crippen LogP contribution in [0.5, 0.6) is 34.5 Å². The second-order valence-corrected chi connectivity index (χ2v) is 13.0. The van der Waals surface area contributed by atoms with Gasteiger partial charge in [-0.1, -0.05) is 12.1 Å². The lowest BCUT2D eigenvalue weighted by atomic mass is 9.94. The van der Waals surface area contributed by atoms with E-state index in [4.69, 9.17) is 33.4 Å². The summed E-state index contributed by atoms with van der Waals surface area (Å²) in [5, 5.41) is 22.5. The number of hydrogen-bond donors (Lipinski definition) is 2. The van der Waals surface area contributed by atoms with E-state index in [2.05, 4.69) is 0 Å². The Bertz CT molecular complexity index is 1900. The van der Waals surface area contributed by atoms with Gasteiger partial charge in [0.15, 0.2) is 23.0 Å². The second kappa shape index (κ2) is 14.7. The van der Waals surface area contributed by atoms with Crippen LogP contribution in [-0.2, 0) is 7.05 Å². The van der Waals surface area contributed by atoms with Crippen molar-refractivity contribution in [3.63, 3.8) is 0 Å². The SMILES string of the molecule is COc1ccc(C(O)C(C)(C)Oc2ccc(-c3ncn(C)c3-c3ccc(OC(C)(C)C(O)c4ccc(OC)c(OC)c4)cc3)cc2)cc1OC. The van der Waals surface area contributed by atoms with E-state index in [0.717, 1.165) is 22.5 Å². The lowest BCUT2D eigenvalue weighted by molar-refractivity contribution is -0.0302. The van der Waals surface area contributed by atoms with E-state index in [0.29, 0.717) is 45.6 Å². The minimum atomic E-state index is -0.951. The van der Waals surface area contributed by atoms with Crippen LogP contribution in [0.4, 0.5) is 0 Å². The maximum atomic E-state index is 11.2. The highest BCUT2D eigenvalue weighted by Gasteiger charge is 2.33. The molecule has 0 saturated heterocycles. The zero-order valence-electron chi connectivity index (χ0n) is 30.1. The Labute approximate surface area is 293 Å². The van der Waals surface area contributed by atoms with Gasteiger partial charge in [0, 0.05) is 18.2 Å². The van der Waals surface area contributed by atoms with E-state index < -0.39 is 23.4 Å². The van der Waals surface area contributed by atoms with Gasteiger partial charge in [-0.2, -0.15) is 0 Å². The van der Waals surface area contributed by atoms with Crippen molar-refractivity contribution in [2.45, 2.75) is 51.1 Å². The number of aliphatic hydroxyl groups is 2. The van der Waals surface area contributed by atoms with Crippen molar-refractivity contribution in [3.8, 4) is 57.0 Å². The van der Waals surface area contributed by atoms with Crippen molar-refractivity contribution in [1.29, 1.82) is 0 Å². The topological polar surface area (TPSA) is 114 Å². The molecular weight excluding hydrogens is 636 g/mol. The molecule has 2 atom stereocenters. The summed E-state index contributed by atoms with van der Waals surface area (Å²) in [5.74, 6) is 3.46. The Morgan fingerprint density at radius 2 is 0.960 bits per heavy atom. The predicted octanol–water partition coefficient (Wildman–Crippen LogP) is 7.57. The summed E-state index contributed by atoms with van der Waals surface area (Å²) >= 11 is 0. The van der Waals surface area contributed by atoms with Gasteiger partial charge in [-0.25, -0.2) is 4.98 Å². The van der Waals surface area contributed by atoms with E-state index >= 15 is 0 Å². The van der Waals surface area contributed by atoms with E-state index in [-0.39, 0.29) is 0 Å². The first-order valence-electron chi connectivity index (χ1n) is 16.2. The minimum Gasteiger partial charge on any atom is -0.493 e. The van der Waals surface area contributed by atoms with Crippen LogP contribution in [0.1, 0.15) is 51.0 Å². The van der Waals surface area contributed by atoms with Crippen LogP contribution < -0.4 is 28.4 Å². The number of aliphatic hydroxyl groups excluding tert-OH is 2. The fraction of sp³-hybridized carbons (Fsp3) is 0.325. The number of imidazole rings is 1. The average molecular weight is 683 g/mol. The average Bonchev–Trinajstić information content (AvgIpc) is 3.51. The first-order chi connectivity index (χ1) is 23.8. The summed E-state index contributed by atoms with van der Waals surface area (Å²) in [4.78, 5) is 4.71. The molecule has 10 heteroatoms. The molecule has 1 heterocycles. The van der Waals surface area contributed by atoms with Gasteiger partial charge in [-0.3, -0.25) is 0 Å². The van der Waals surface area contributed by atoms with Gasteiger partial charge >= 0.3 is 0 Å². The van der Waals surface area contributed by atoms with Crippen molar-refractivity contribution >= 4 is 0 Å². The summed E-state index contributed by atoms with van der Waals surface area (Å²) in [6, 6.07) is 26.0. The fourth-order valence-corrected chi connectivity index (χ4v) is 5.91. The number of aromatic nitrogens is 2. The molecule has 10 nitrogen and oxygen atoms in total. The third kappa shape index (κ3) is 7.51. The van der Waals surface area contributed by atoms with Crippen molar-refractivity contribution < 1.29 is 38.6 Å². The Balaban J connectivity index is 1.30. The summed E-state index contributed by atoms with van der Waals surface area (Å²) in [5.41, 5.74) is 2.99. The Morgan fingerprint density at radius 1 is 0.560 bits per heavy atom. The quantitative estimate of drug-likeness (QED) is 0.122. The summed E-state index contributed by atoms with van der Waals surface area (Å²) in [6.07, 6.45) is -0.0847. The van der Waals surface area contributed by atoms with Gasteiger partial charge in [0.05, 0.1) is 46.2 Å². The lowest BCUT2D eigenvalue weighted by Crippen LogP contribution is -2.36. The number of hydrogen-bond acceptors (Lipinski definition) is 9. The maximum Gasteiger partial charge on any atom is 0.161 e. The van der Waals surface area contributed by atoms with Crippen LogP contribution in [0.15, 0.2) is 91.3 Å². The molecule has 50 heavy (non-hydrogen) atoms. The lowest BCUT2D eigenvalue weighted by Gasteiger charge is -2.32. The molecule has 2 N–H and O–H groups in total. The number of benzene rings is 4. The number of ether oxygens (including phenoxy) is 6. The molecule has 264 valence electrons. The number of rotatable bonds is 14. The van der Waals surface area contributed by atoms with Crippen molar-refractivity contribution in [2.24, 2.45) is 7.05 Å². The molecule has 2 unspecified atom stereocenters. The van der Waals surface area contributed by atoms with Gasteiger partial charge in [0.2, 0.25) is 0 Å². The molecule has 0 fully saturated rings. The van der Waals surface area contributed by atoms with E-state index in [1.54, 1.807) is 71.2 Å². The van der Waals surface area contributed by atoms with Gasteiger partial charge in [-0.15, -0.1) is 0 Å². The van der Waals surface area contributed by atoms with Crippen LogP contribution in [0.3, 0.4) is 0 Å². The molecule has 0 bridgehead atoms. The summed E-state index contributed by atoms with van der Waals surface area (Å²) in [7, 11) is 8.22. The molecule has 0 spiro atoms. The molecule has 0 aliphatic rings. The van der Waals surface area contributed by atoms with Gasteiger partial charge in [0.1, 0.15) is 34.9 Å². The number of methoxy groups -OCH3 is 4. The molecular formula is C40H46N2O8. The number of aryl methyl sites for hydroxylation is 1. The first-order valence-corrected chi connectivity index (χ1v) is 16.2. The van der Waals surface area contributed by atoms with Crippen LogP contribution >= 0.6 is 0 Å². The third-order valence-corrected chi connectivity index (χ3v) is 8.72. The van der Waals surface area contributed by atoms with Gasteiger partial charge < -0.3 is 43.2 Å². The van der Waals surface area contributed by atoms with Gasteiger partial charge in [0.25, 0.3) is 0 Å². The zero-order chi connectivity index (χ0) is 36.2. The monoisotopic (exact) mass is 682 g/mol. The molecule has 4 aromatic carbocycles. The van der Waals surface area contributed by atoms with Crippen molar-refractivity contribution in [3.05, 3.63) is 102 Å². The van der Waals surface area contributed by atoms with Crippen LogP contribution in [0.25, 0.3) is 22.5 Å². The second-order valence-electron chi connectivity index (χ2n) is 13.0. The molecule has 5 aromatic rings. The Hall–Kier alpha value is -5.19. The smallest absolute Gasteiger partial charge is 0.161 e. The summed E-state index contributed by atoms with van der Waals surface area (Å²) < 4.78 is 36.0. The molecule has 0 amide bonds. The molecule has 0 saturated carbocycles. The highest BCUT2D eigenvalue weighted by Crippen LogP contribution is 2.39. The highest BCUT2D eigenvalue weighted by molar-refractivity contribution is 5.79. The van der Waals surface area contributed by atoms with Crippen molar-refractivity contribution in [2.75, 3.05) is 28.4 Å². The van der Waals surface area contributed by atoms with E-state index in [1.165, 1.54) is 0 Å². The number of nitrogens with zero attached hydrogens (tertiary/aromatic N) is 2. The molecule has 5 rings (SSSR count). The van der Waals surface area contributed by atoms with Crippen LogP contribution in [0.2, 0.25) is 0 Å². The van der Waals surface area contributed by atoms with E-state index in [1.807, 2.05) is 87.8 Å². The van der Waals surface area contributed by atoms with Crippen LogP contribution in [-0.4, -0.2) is 59.4 Å². The third-order valence-electron chi connectivity index (χ3n) is 8.72. The first kappa shape index (κ1) is 36.1. The Kier molecular flexibility index (Phi) is 10.6. The van der Waals surface area contributed by atoms with Gasteiger partial charge in [-0.05, 0) is 112 Å². The normalized spacial score (nSPS) is 12.9. The summed E-state index contributed by atoms with van der Waals surface area (Å²) in [6.45, 7) is 7.36. The molecule has 0 radical (unpaired) electrons. The predicted molar refractivity (Wildman–Crippen MR) is 193 cm³/mol. The van der Waals surface area contributed by atoms with Crippen LogP contribution in [0, 0.1) is 0 Å². The molecule has 1 aromatic heterocycles. The van der Waals surface area contributed by atoms with Crippen molar-refractivity contribution in [1.82, 2.24) is 9.55 Å². The highest BCUT2D eigenvalue weighted by atomic mass is 16.5. The largest absolute Gasteiger partial charge is 0.493 e. The van der Waals surface area contributed by atoms with E-state index in [9.17, 15) is 10.2 Å². The minimum absolute atomic E-state index is 0.534. The fourth-order valence-electron chi connectivity index (χ4n) is 5.91. The Morgan fingerprint density at radius 3 is 1.36 bits per heavy atom. The standard InChI is InChI=1S/C40H46N2O8/c1-39(2,37(43)27-14-20-31(45-6)33(22-27)47-8)49-29-16-10-25(11-17-29)35-36(42(5)24-41-35)26-12-18-30(19-13-26)50-40(3,4)38(44)28-15-21-32(46-7)34(23-28)48-9/h10-24,37-38,43-44H,1-9H3. The maximum absolute atomic E-state index is 11.2.